The van der Waals surface area contributed by atoms with Gasteiger partial charge in [-0.1, -0.05) is 23.8 Å². The molecule has 1 aromatic heterocycles. The zero-order valence-corrected chi connectivity index (χ0v) is 14.3. The van der Waals surface area contributed by atoms with E-state index < -0.39 is 5.91 Å². The van der Waals surface area contributed by atoms with Crippen molar-refractivity contribution in [2.24, 2.45) is 5.11 Å². The third-order valence-corrected chi connectivity index (χ3v) is 4.96. The largest absolute Gasteiger partial charge is 0.490 e. The first-order chi connectivity index (χ1) is 12.6. The molecule has 1 N–H and O–H groups in total. The van der Waals surface area contributed by atoms with E-state index >= 15 is 0 Å². The quantitative estimate of drug-likeness (QED) is 0.397. The van der Waals surface area contributed by atoms with Crippen molar-refractivity contribution in [3.05, 3.63) is 75.8 Å². The summed E-state index contributed by atoms with van der Waals surface area (Å²) in [5.41, 5.74) is 12.1. The Hall–Kier alpha value is -3.24. The number of nitrogens with one attached hydrogen (secondary N) is 1. The molecule has 1 amide bonds. The maximum Gasteiger partial charge on any atom is 0.251 e. The molecule has 26 heavy (non-hydrogen) atoms. The Morgan fingerprint density at radius 2 is 2.00 bits per heavy atom. The minimum Gasteiger partial charge on any atom is -0.490 e. The maximum absolute atomic E-state index is 11.9. The zero-order chi connectivity index (χ0) is 18.1. The van der Waals surface area contributed by atoms with Crippen LogP contribution in [-0.4, -0.2) is 17.0 Å². The number of aromatic nitrogens is 1. The van der Waals surface area contributed by atoms with Crippen LogP contribution in [-0.2, 0) is 0 Å². The highest BCUT2D eigenvalue weighted by atomic mass is 16.5. The van der Waals surface area contributed by atoms with E-state index in [1.807, 2.05) is 36.4 Å². The molecular formula is C20H18N4O2. The van der Waals surface area contributed by atoms with Crippen LogP contribution in [0, 0.1) is 6.92 Å². The fourth-order valence-electron chi connectivity index (χ4n) is 3.41. The molecule has 0 bridgehead atoms. The molecule has 1 aliphatic carbocycles. The molecular weight excluding hydrogens is 328 g/mol. The van der Waals surface area contributed by atoms with Gasteiger partial charge in [-0.3, -0.25) is 4.79 Å². The summed E-state index contributed by atoms with van der Waals surface area (Å²) in [6.07, 6.45) is 3.71. The molecule has 6 heteroatoms. The molecule has 1 fully saturated rings. The summed E-state index contributed by atoms with van der Waals surface area (Å²) in [6, 6.07) is 14.2. The first kappa shape index (κ1) is 16.2. The fourth-order valence-corrected chi connectivity index (χ4v) is 3.41. The van der Waals surface area contributed by atoms with Crippen molar-refractivity contribution in [2.45, 2.75) is 31.8 Å². The van der Waals surface area contributed by atoms with Crippen LogP contribution in [0.4, 0.5) is 0 Å². The third-order valence-electron chi connectivity index (χ3n) is 4.96. The normalized spacial score (nSPS) is 18.8. The summed E-state index contributed by atoms with van der Waals surface area (Å²) in [5.74, 6) is 0.750. The molecule has 2 aromatic carbocycles. The van der Waals surface area contributed by atoms with Gasteiger partial charge in [-0.15, -0.1) is 0 Å². The number of amides is 1. The highest BCUT2D eigenvalue weighted by molar-refractivity contribution is 6.07. The lowest BCUT2D eigenvalue weighted by atomic mass is 9.77. The highest BCUT2D eigenvalue weighted by Crippen LogP contribution is 2.40. The Bertz CT molecular complexity index is 1010. The van der Waals surface area contributed by atoms with E-state index in [1.165, 1.54) is 11.1 Å². The molecule has 0 aliphatic heterocycles. The van der Waals surface area contributed by atoms with Crippen molar-refractivity contribution in [2.75, 3.05) is 0 Å². The van der Waals surface area contributed by atoms with Gasteiger partial charge in [0.05, 0.1) is 6.10 Å². The van der Waals surface area contributed by atoms with Crippen LogP contribution < -0.4 is 4.74 Å². The van der Waals surface area contributed by atoms with Crippen LogP contribution in [0.2, 0.25) is 0 Å². The number of nitrogens with zero attached hydrogens (tertiary/aromatic N) is 3. The average molecular weight is 346 g/mol. The molecule has 4 rings (SSSR count). The van der Waals surface area contributed by atoms with Crippen LogP contribution in [0.25, 0.3) is 21.3 Å². The topological polar surface area (TPSA) is 90.9 Å². The van der Waals surface area contributed by atoms with E-state index in [0.717, 1.165) is 29.5 Å². The summed E-state index contributed by atoms with van der Waals surface area (Å²) in [4.78, 5) is 17.5. The monoisotopic (exact) mass is 346 g/mol. The van der Waals surface area contributed by atoms with Gasteiger partial charge in [0.25, 0.3) is 5.91 Å². The first-order valence-corrected chi connectivity index (χ1v) is 8.58. The lowest BCUT2D eigenvalue weighted by Crippen LogP contribution is -2.32. The summed E-state index contributed by atoms with van der Waals surface area (Å²) in [5, 5.41) is 3.99. The molecule has 3 aromatic rings. The molecule has 0 atom stereocenters. The van der Waals surface area contributed by atoms with Gasteiger partial charge in [0.2, 0.25) is 0 Å². The van der Waals surface area contributed by atoms with Crippen molar-refractivity contribution in [1.29, 1.82) is 0 Å². The summed E-state index contributed by atoms with van der Waals surface area (Å²) in [7, 11) is 0. The molecule has 1 saturated carbocycles. The third kappa shape index (κ3) is 3.03. The molecule has 130 valence electrons. The van der Waals surface area contributed by atoms with Gasteiger partial charge in [-0.2, -0.15) is 0 Å². The van der Waals surface area contributed by atoms with Gasteiger partial charge < -0.3 is 9.72 Å². The number of aryl methyl sites for hydroxylation is 1. The van der Waals surface area contributed by atoms with Gasteiger partial charge in [0, 0.05) is 27.6 Å². The lowest BCUT2D eigenvalue weighted by molar-refractivity contribution is 0.0984. The number of benzene rings is 2. The van der Waals surface area contributed by atoms with Crippen molar-refractivity contribution in [3.63, 3.8) is 0 Å². The predicted octanol–water partition coefficient (Wildman–Crippen LogP) is 5.25. The van der Waals surface area contributed by atoms with Crippen molar-refractivity contribution >= 4 is 16.8 Å². The molecule has 6 nitrogen and oxygen atoms in total. The fraction of sp³-hybridized carbons (Fsp3) is 0.250. The first-order valence-electron chi connectivity index (χ1n) is 8.58. The smallest absolute Gasteiger partial charge is 0.251 e. The van der Waals surface area contributed by atoms with E-state index in [-0.39, 0.29) is 6.10 Å². The summed E-state index contributed by atoms with van der Waals surface area (Å²) in [6.45, 7) is 2.06. The number of hydrogen-bond acceptors (Lipinski definition) is 2. The molecule has 0 unspecified atom stereocenters. The molecule has 0 spiro atoms. The molecule has 1 heterocycles. The second-order valence-corrected chi connectivity index (χ2v) is 6.72. The summed E-state index contributed by atoms with van der Waals surface area (Å²) >= 11 is 0. The number of H-pyrrole nitrogens is 1. The number of hydrogen-bond donors (Lipinski definition) is 1. The molecule has 1 aliphatic rings. The standard InChI is InChI=1S/C20H18N4O2/c1-12-2-5-15(6-3-12)26-16-8-14(9-16)13-4-7-19-17(10-13)18(11-22-19)20(25)23-24-21/h2-7,10-11,14,16,22H,8-9H2,1H3/t14-,16-. The SMILES string of the molecule is Cc1ccc(O[C@H]2C[C@H](c3ccc4[nH]cc(C(=O)N=[N+]=[N-])c4c3)C2)cc1. The Kier molecular flexibility index (Phi) is 4.11. The number of rotatable bonds is 4. The lowest BCUT2D eigenvalue weighted by Gasteiger charge is -2.35. The number of fused-ring (bicyclic) bond motifs is 1. The van der Waals surface area contributed by atoms with Crippen molar-refractivity contribution in [3.8, 4) is 5.75 Å². The Morgan fingerprint density at radius 1 is 1.23 bits per heavy atom. The molecule has 0 radical (unpaired) electrons. The van der Waals surface area contributed by atoms with Crippen LogP contribution in [0.5, 0.6) is 5.75 Å². The van der Waals surface area contributed by atoms with Crippen LogP contribution in [0.3, 0.4) is 0 Å². The number of aromatic amines is 1. The minimum atomic E-state index is -0.565. The van der Waals surface area contributed by atoms with E-state index in [4.69, 9.17) is 10.3 Å². The minimum absolute atomic E-state index is 0.217. The Morgan fingerprint density at radius 3 is 2.73 bits per heavy atom. The van der Waals surface area contributed by atoms with Gasteiger partial charge >= 0.3 is 0 Å². The molecule has 0 saturated heterocycles. The van der Waals surface area contributed by atoms with Crippen molar-refractivity contribution in [1.82, 2.24) is 4.98 Å². The van der Waals surface area contributed by atoms with E-state index in [1.54, 1.807) is 6.20 Å². The number of ether oxygens (including phenoxy) is 1. The highest BCUT2D eigenvalue weighted by Gasteiger charge is 2.32. The van der Waals surface area contributed by atoms with Crippen LogP contribution in [0.1, 0.15) is 40.2 Å². The van der Waals surface area contributed by atoms with E-state index in [2.05, 4.69) is 28.0 Å². The maximum atomic E-state index is 11.9. The number of carbonyl (C=O) groups excluding carboxylic acids is 1. The van der Waals surface area contributed by atoms with E-state index in [9.17, 15) is 4.79 Å². The van der Waals surface area contributed by atoms with Crippen LogP contribution in [0.15, 0.2) is 53.8 Å². The Labute approximate surface area is 150 Å². The van der Waals surface area contributed by atoms with Crippen molar-refractivity contribution < 1.29 is 9.53 Å². The van der Waals surface area contributed by atoms with Gasteiger partial charge in [-0.25, -0.2) is 0 Å². The second kappa shape index (κ2) is 6.58. The van der Waals surface area contributed by atoms with E-state index in [0.29, 0.717) is 11.5 Å². The summed E-state index contributed by atoms with van der Waals surface area (Å²) < 4.78 is 6.01. The van der Waals surface area contributed by atoms with Gasteiger partial charge in [-0.05, 0) is 66.2 Å². The average Bonchev–Trinajstić information content (AvgIpc) is 3.03. The van der Waals surface area contributed by atoms with Crippen LogP contribution >= 0.6 is 0 Å². The number of azide groups is 1. The van der Waals surface area contributed by atoms with Gasteiger partial charge in [0.1, 0.15) is 5.75 Å². The predicted molar refractivity (Wildman–Crippen MR) is 99.3 cm³/mol. The second-order valence-electron chi connectivity index (χ2n) is 6.72. The van der Waals surface area contributed by atoms with Gasteiger partial charge in [0.15, 0.2) is 0 Å². The zero-order valence-electron chi connectivity index (χ0n) is 14.3. The number of carbonyl (C=O) groups is 1. The Balaban J connectivity index is 1.48.